The maximum atomic E-state index is 11.8. The predicted octanol–water partition coefficient (Wildman–Crippen LogP) is 2.97. The van der Waals surface area contributed by atoms with Crippen LogP contribution in [0.2, 0.25) is 0 Å². The Kier molecular flexibility index (Phi) is 5.31. The zero-order valence-electron chi connectivity index (χ0n) is 12.3. The molecule has 0 amide bonds. The van der Waals surface area contributed by atoms with Crippen LogP contribution < -0.4 is 4.74 Å². The van der Waals surface area contributed by atoms with Gasteiger partial charge in [-0.25, -0.2) is 9.59 Å². The maximum Gasteiger partial charge on any atom is 0.379 e. The molecule has 6 nitrogen and oxygen atoms in total. The molecule has 0 atom stereocenters. The lowest BCUT2D eigenvalue weighted by atomic mass is 10.1. The number of furan rings is 1. The van der Waals surface area contributed by atoms with Gasteiger partial charge in [0.2, 0.25) is 5.76 Å². The van der Waals surface area contributed by atoms with Gasteiger partial charge in [0.25, 0.3) is 0 Å². The summed E-state index contributed by atoms with van der Waals surface area (Å²) >= 11 is 0. The minimum Gasteiger partial charge on any atom is -0.462 e. The van der Waals surface area contributed by atoms with Gasteiger partial charge in [0.1, 0.15) is 17.4 Å². The van der Waals surface area contributed by atoms with Crippen molar-refractivity contribution in [3.63, 3.8) is 0 Å². The van der Waals surface area contributed by atoms with Gasteiger partial charge in [0.05, 0.1) is 12.9 Å². The van der Waals surface area contributed by atoms with Crippen molar-refractivity contribution in [1.82, 2.24) is 0 Å². The molecule has 0 unspecified atom stereocenters. The average Bonchev–Trinajstić information content (AvgIpc) is 3.07. The van der Waals surface area contributed by atoms with E-state index in [0.717, 1.165) is 0 Å². The van der Waals surface area contributed by atoms with Crippen LogP contribution in [-0.4, -0.2) is 18.5 Å². The van der Waals surface area contributed by atoms with Crippen LogP contribution in [-0.2, 0) is 9.53 Å². The number of ether oxygens (including phenoxy) is 2. The van der Waals surface area contributed by atoms with E-state index in [4.69, 9.17) is 19.2 Å². The maximum absolute atomic E-state index is 11.8. The molecular formula is C17H13NO5. The molecule has 0 spiro atoms. The summed E-state index contributed by atoms with van der Waals surface area (Å²) < 4.78 is 14.9. The van der Waals surface area contributed by atoms with Gasteiger partial charge in [-0.1, -0.05) is 12.1 Å². The highest BCUT2D eigenvalue weighted by atomic mass is 16.5. The second kappa shape index (κ2) is 7.61. The molecule has 1 aromatic heterocycles. The topological polar surface area (TPSA) is 89.5 Å². The minimum atomic E-state index is -0.701. The Morgan fingerprint density at radius 1 is 1.30 bits per heavy atom. The molecule has 1 heterocycles. The molecule has 0 N–H and O–H groups in total. The predicted molar refractivity (Wildman–Crippen MR) is 80.3 cm³/mol. The molecule has 6 heteroatoms. The third-order valence-electron chi connectivity index (χ3n) is 2.72. The molecule has 0 saturated carbocycles. The Morgan fingerprint density at radius 3 is 2.78 bits per heavy atom. The third kappa shape index (κ3) is 4.32. The lowest BCUT2D eigenvalue weighted by Crippen LogP contribution is -2.07. The second-order valence-electron chi connectivity index (χ2n) is 4.33. The lowest BCUT2D eigenvalue weighted by molar-refractivity contribution is -0.137. The zero-order valence-corrected chi connectivity index (χ0v) is 12.3. The summed E-state index contributed by atoms with van der Waals surface area (Å²) in [6.45, 7) is 1.83. The van der Waals surface area contributed by atoms with E-state index in [1.807, 2.05) is 0 Å². The number of rotatable bonds is 5. The number of carbonyl (C=O) groups excluding carboxylic acids is 2. The first kappa shape index (κ1) is 16.0. The summed E-state index contributed by atoms with van der Waals surface area (Å²) in [6.07, 6.45) is 2.73. The van der Waals surface area contributed by atoms with Gasteiger partial charge in [-0.2, -0.15) is 5.26 Å². The van der Waals surface area contributed by atoms with E-state index in [9.17, 15) is 9.59 Å². The fraction of sp³-hybridized carbons (Fsp3) is 0.118. The summed E-state index contributed by atoms with van der Waals surface area (Å²) in [4.78, 5) is 23.4. The minimum absolute atomic E-state index is 0.0789. The average molecular weight is 311 g/mol. The second-order valence-corrected chi connectivity index (χ2v) is 4.33. The SMILES string of the molecule is CCOC(=O)/C(C#N)=C/c1cccc(OC(=O)c2ccco2)c1. The van der Waals surface area contributed by atoms with Gasteiger partial charge in [-0.3, -0.25) is 0 Å². The number of hydrogen-bond acceptors (Lipinski definition) is 6. The molecule has 0 bridgehead atoms. The van der Waals surface area contributed by atoms with Gasteiger partial charge in [-0.15, -0.1) is 0 Å². The molecule has 1 aromatic carbocycles. The fourth-order valence-corrected chi connectivity index (χ4v) is 1.73. The van der Waals surface area contributed by atoms with Crippen LogP contribution in [0.1, 0.15) is 23.0 Å². The molecule has 0 radical (unpaired) electrons. The van der Waals surface area contributed by atoms with Crippen LogP contribution in [0.15, 0.2) is 52.7 Å². The van der Waals surface area contributed by atoms with Crippen molar-refractivity contribution in [3.05, 3.63) is 59.6 Å². The van der Waals surface area contributed by atoms with E-state index < -0.39 is 11.9 Å². The van der Waals surface area contributed by atoms with Crippen molar-refractivity contribution in [1.29, 1.82) is 5.26 Å². The highest BCUT2D eigenvalue weighted by molar-refractivity contribution is 5.98. The Bertz CT molecular complexity index is 769. The smallest absolute Gasteiger partial charge is 0.379 e. The van der Waals surface area contributed by atoms with Crippen LogP contribution in [0.3, 0.4) is 0 Å². The number of esters is 2. The van der Waals surface area contributed by atoms with Gasteiger partial charge < -0.3 is 13.9 Å². The molecular weight excluding hydrogens is 298 g/mol. The van der Waals surface area contributed by atoms with Crippen LogP contribution in [0.4, 0.5) is 0 Å². The molecule has 0 aliphatic carbocycles. The monoisotopic (exact) mass is 311 g/mol. The summed E-state index contributed by atoms with van der Waals surface area (Å²) in [5.41, 5.74) is 0.390. The number of benzene rings is 1. The molecule has 0 aliphatic heterocycles. The normalized spacial score (nSPS) is 10.7. The molecule has 0 aliphatic rings. The Hall–Kier alpha value is -3.33. The number of hydrogen-bond donors (Lipinski definition) is 0. The molecule has 2 aromatic rings. The van der Waals surface area contributed by atoms with Crippen molar-refractivity contribution in [2.45, 2.75) is 6.92 Å². The van der Waals surface area contributed by atoms with Crippen molar-refractivity contribution < 1.29 is 23.5 Å². The van der Waals surface area contributed by atoms with Crippen molar-refractivity contribution in [3.8, 4) is 11.8 Å². The zero-order chi connectivity index (χ0) is 16.7. The molecule has 23 heavy (non-hydrogen) atoms. The van der Waals surface area contributed by atoms with Crippen molar-refractivity contribution in [2.75, 3.05) is 6.61 Å². The molecule has 0 fully saturated rings. The molecule has 0 saturated heterocycles. The number of nitrogens with zero attached hydrogens (tertiary/aromatic N) is 1. The van der Waals surface area contributed by atoms with Crippen molar-refractivity contribution in [2.24, 2.45) is 0 Å². The Morgan fingerprint density at radius 2 is 2.13 bits per heavy atom. The summed E-state index contributed by atoms with van der Waals surface area (Å²) in [7, 11) is 0. The van der Waals surface area contributed by atoms with Crippen LogP contribution in [0.25, 0.3) is 6.08 Å². The molecule has 116 valence electrons. The standard InChI is InChI=1S/C17H13NO5/c1-2-21-16(19)13(11-18)9-12-5-3-6-14(10-12)23-17(20)15-7-4-8-22-15/h3-10H,2H2,1H3/b13-9+. The van der Waals surface area contributed by atoms with Crippen molar-refractivity contribution >= 4 is 18.0 Å². The summed E-state index contributed by atoms with van der Waals surface area (Å²) in [5, 5.41) is 9.01. The van der Waals surface area contributed by atoms with Gasteiger partial charge in [0, 0.05) is 0 Å². The van der Waals surface area contributed by atoms with E-state index in [0.29, 0.717) is 5.56 Å². The quantitative estimate of drug-likeness (QED) is 0.365. The van der Waals surface area contributed by atoms with Crippen LogP contribution >= 0.6 is 0 Å². The van der Waals surface area contributed by atoms with Crippen LogP contribution in [0, 0.1) is 11.3 Å². The van der Waals surface area contributed by atoms with Crippen LogP contribution in [0.5, 0.6) is 5.75 Å². The number of carbonyl (C=O) groups is 2. The van der Waals surface area contributed by atoms with Gasteiger partial charge in [-0.05, 0) is 42.8 Å². The third-order valence-corrected chi connectivity index (χ3v) is 2.72. The first-order valence-electron chi connectivity index (χ1n) is 6.78. The first-order chi connectivity index (χ1) is 11.1. The highest BCUT2D eigenvalue weighted by Crippen LogP contribution is 2.18. The summed E-state index contributed by atoms with van der Waals surface area (Å²) in [5.74, 6) is -0.994. The van der Waals surface area contributed by atoms with Gasteiger partial charge in [0.15, 0.2) is 0 Å². The largest absolute Gasteiger partial charge is 0.462 e. The van der Waals surface area contributed by atoms with E-state index >= 15 is 0 Å². The number of nitriles is 1. The van der Waals surface area contributed by atoms with E-state index in [2.05, 4.69) is 0 Å². The van der Waals surface area contributed by atoms with E-state index in [-0.39, 0.29) is 23.7 Å². The lowest BCUT2D eigenvalue weighted by Gasteiger charge is -2.04. The fourth-order valence-electron chi connectivity index (χ4n) is 1.73. The highest BCUT2D eigenvalue weighted by Gasteiger charge is 2.12. The van der Waals surface area contributed by atoms with Gasteiger partial charge >= 0.3 is 11.9 Å². The summed E-state index contributed by atoms with van der Waals surface area (Å²) in [6, 6.07) is 11.3. The van der Waals surface area contributed by atoms with E-state index in [1.54, 1.807) is 37.3 Å². The van der Waals surface area contributed by atoms with E-state index in [1.165, 1.54) is 24.5 Å². The Labute approximate surface area is 132 Å². The Balaban J connectivity index is 2.18. The first-order valence-corrected chi connectivity index (χ1v) is 6.78. The molecule has 2 rings (SSSR count).